The first-order valence-corrected chi connectivity index (χ1v) is 9.80. The summed E-state index contributed by atoms with van der Waals surface area (Å²) in [6, 6.07) is 14.5. The number of aromatic nitrogens is 2. The summed E-state index contributed by atoms with van der Waals surface area (Å²) in [7, 11) is 1.62. The first kappa shape index (κ1) is 19.3. The molecule has 2 aromatic carbocycles. The van der Waals surface area contributed by atoms with Crippen molar-refractivity contribution in [2.75, 3.05) is 25.5 Å². The second-order valence-corrected chi connectivity index (χ2v) is 7.29. The fourth-order valence-electron chi connectivity index (χ4n) is 3.40. The zero-order valence-electron chi connectivity index (χ0n) is 16.0. The molecule has 0 spiro atoms. The molecule has 7 nitrogen and oxygen atoms in total. The van der Waals surface area contributed by atoms with Crippen molar-refractivity contribution in [3.05, 3.63) is 59.4 Å². The SMILES string of the molecule is COc1cccc(-c2noc([C@H]3CCCN(C(=O)Nc4ccccc4Cl)C3)n2)c1. The van der Waals surface area contributed by atoms with E-state index in [1.54, 1.807) is 24.1 Å². The Kier molecular flexibility index (Phi) is 5.67. The topological polar surface area (TPSA) is 80.5 Å². The fourth-order valence-corrected chi connectivity index (χ4v) is 3.58. The summed E-state index contributed by atoms with van der Waals surface area (Å²) in [6.45, 7) is 1.18. The van der Waals surface area contributed by atoms with E-state index in [2.05, 4.69) is 15.5 Å². The van der Waals surface area contributed by atoms with Crippen LogP contribution in [-0.2, 0) is 0 Å². The Hall–Kier alpha value is -3.06. The summed E-state index contributed by atoms with van der Waals surface area (Å²) in [6.07, 6.45) is 1.74. The van der Waals surface area contributed by atoms with Crippen LogP contribution in [0.4, 0.5) is 10.5 Å². The normalized spacial score (nSPS) is 16.5. The molecule has 150 valence electrons. The zero-order chi connectivity index (χ0) is 20.2. The molecule has 29 heavy (non-hydrogen) atoms. The van der Waals surface area contributed by atoms with Gasteiger partial charge in [0.25, 0.3) is 0 Å². The number of methoxy groups -OCH3 is 1. The summed E-state index contributed by atoms with van der Waals surface area (Å²) in [5.74, 6) is 1.77. The number of carbonyl (C=O) groups is 1. The average Bonchev–Trinajstić information content (AvgIpc) is 3.26. The number of nitrogens with zero attached hydrogens (tertiary/aromatic N) is 3. The van der Waals surface area contributed by atoms with Gasteiger partial charge >= 0.3 is 6.03 Å². The third-order valence-electron chi connectivity index (χ3n) is 4.94. The minimum atomic E-state index is -0.185. The van der Waals surface area contributed by atoms with Crippen LogP contribution in [0.1, 0.15) is 24.7 Å². The quantitative estimate of drug-likeness (QED) is 0.665. The number of hydrogen-bond acceptors (Lipinski definition) is 5. The molecule has 1 atom stereocenters. The van der Waals surface area contributed by atoms with Gasteiger partial charge in [0.15, 0.2) is 0 Å². The van der Waals surface area contributed by atoms with Crippen LogP contribution in [0.5, 0.6) is 5.75 Å². The molecule has 4 rings (SSSR count). The van der Waals surface area contributed by atoms with Crippen molar-refractivity contribution in [1.29, 1.82) is 0 Å². The smallest absolute Gasteiger partial charge is 0.321 e. The summed E-state index contributed by atoms with van der Waals surface area (Å²) in [4.78, 5) is 19.0. The van der Waals surface area contributed by atoms with Gasteiger partial charge in [-0.1, -0.05) is 41.0 Å². The van der Waals surface area contributed by atoms with Crippen LogP contribution in [0.25, 0.3) is 11.4 Å². The zero-order valence-corrected chi connectivity index (χ0v) is 16.7. The molecule has 3 aromatic rings. The molecule has 0 radical (unpaired) electrons. The van der Waals surface area contributed by atoms with Crippen molar-refractivity contribution >= 4 is 23.3 Å². The van der Waals surface area contributed by atoms with Gasteiger partial charge in [-0.2, -0.15) is 4.98 Å². The highest BCUT2D eigenvalue weighted by Crippen LogP contribution is 2.29. The summed E-state index contributed by atoms with van der Waals surface area (Å²) >= 11 is 6.14. The number of anilines is 1. The van der Waals surface area contributed by atoms with Crippen LogP contribution < -0.4 is 10.1 Å². The molecule has 1 saturated heterocycles. The molecule has 1 aliphatic rings. The number of halogens is 1. The number of carbonyl (C=O) groups excluding carboxylic acids is 1. The van der Waals surface area contributed by atoms with E-state index in [4.69, 9.17) is 20.9 Å². The van der Waals surface area contributed by atoms with Crippen LogP contribution in [0, 0.1) is 0 Å². The third-order valence-corrected chi connectivity index (χ3v) is 5.27. The van der Waals surface area contributed by atoms with E-state index in [0.29, 0.717) is 35.5 Å². The van der Waals surface area contributed by atoms with Gasteiger partial charge in [0.1, 0.15) is 5.75 Å². The van der Waals surface area contributed by atoms with Crippen molar-refractivity contribution in [3.8, 4) is 17.1 Å². The van der Waals surface area contributed by atoms with E-state index in [-0.39, 0.29) is 11.9 Å². The molecule has 1 N–H and O–H groups in total. The van der Waals surface area contributed by atoms with Crippen molar-refractivity contribution in [3.63, 3.8) is 0 Å². The number of piperidine rings is 1. The Morgan fingerprint density at radius 2 is 2.14 bits per heavy atom. The molecule has 1 aromatic heterocycles. The van der Waals surface area contributed by atoms with Crippen LogP contribution in [-0.4, -0.2) is 41.3 Å². The van der Waals surface area contributed by atoms with Gasteiger partial charge in [-0.3, -0.25) is 0 Å². The van der Waals surface area contributed by atoms with E-state index >= 15 is 0 Å². The minimum Gasteiger partial charge on any atom is -0.497 e. The number of amides is 2. The van der Waals surface area contributed by atoms with Crippen LogP contribution in [0.2, 0.25) is 5.02 Å². The number of rotatable bonds is 4. The number of hydrogen-bond donors (Lipinski definition) is 1. The lowest BCUT2D eigenvalue weighted by atomic mass is 9.98. The van der Waals surface area contributed by atoms with Crippen molar-refractivity contribution in [2.45, 2.75) is 18.8 Å². The lowest BCUT2D eigenvalue weighted by Crippen LogP contribution is -2.41. The van der Waals surface area contributed by atoms with E-state index in [0.717, 1.165) is 24.2 Å². The molecule has 8 heteroatoms. The maximum Gasteiger partial charge on any atom is 0.321 e. The Labute approximate surface area is 173 Å². The van der Waals surface area contributed by atoms with Gasteiger partial charge in [0.2, 0.25) is 11.7 Å². The second-order valence-electron chi connectivity index (χ2n) is 6.88. The number of benzene rings is 2. The Bertz CT molecular complexity index is 1010. The van der Waals surface area contributed by atoms with Gasteiger partial charge in [-0.25, -0.2) is 4.79 Å². The molecular formula is C21H21ClN4O3. The maximum atomic E-state index is 12.7. The first-order chi connectivity index (χ1) is 14.1. The van der Waals surface area contributed by atoms with E-state index in [1.165, 1.54) is 0 Å². The number of para-hydroxylation sites is 1. The highest BCUT2D eigenvalue weighted by molar-refractivity contribution is 6.33. The molecule has 1 fully saturated rings. The van der Waals surface area contributed by atoms with Gasteiger partial charge in [-0.15, -0.1) is 0 Å². The minimum absolute atomic E-state index is 0.00685. The fraction of sp³-hybridized carbons (Fsp3) is 0.286. The van der Waals surface area contributed by atoms with Gasteiger partial charge < -0.3 is 19.5 Å². The Morgan fingerprint density at radius 1 is 1.28 bits per heavy atom. The molecule has 0 bridgehead atoms. The van der Waals surface area contributed by atoms with E-state index < -0.39 is 0 Å². The maximum absolute atomic E-state index is 12.7. The highest BCUT2D eigenvalue weighted by atomic mass is 35.5. The van der Waals surface area contributed by atoms with E-state index in [1.807, 2.05) is 36.4 Å². The van der Waals surface area contributed by atoms with Gasteiger partial charge in [-0.05, 0) is 37.1 Å². The van der Waals surface area contributed by atoms with Crippen molar-refractivity contribution in [2.24, 2.45) is 0 Å². The molecular weight excluding hydrogens is 392 g/mol. The van der Waals surface area contributed by atoms with Gasteiger partial charge in [0, 0.05) is 18.7 Å². The number of likely N-dealkylation sites (tertiary alicyclic amines) is 1. The molecule has 2 amide bonds. The monoisotopic (exact) mass is 412 g/mol. The summed E-state index contributed by atoms with van der Waals surface area (Å²) in [5.41, 5.74) is 1.42. The summed E-state index contributed by atoms with van der Waals surface area (Å²) < 4.78 is 10.8. The predicted molar refractivity (Wildman–Crippen MR) is 110 cm³/mol. The third kappa shape index (κ3) is 4.35. The van der Waals surface area contributed by atoms with Crippen LogP contribution >= 0.6 is 11.6 Å². The Morgan fingerprint density at radius 3 is 2.97 bits per heavy atom. The lowest BCUT2D eigenvalue weighted by molar-refractivity contribution is 0.184. The predicted octanol–water partition coefficient (Wildman–Crippen LogP) is 4.81. The Balaban J connectivity index is 1.45. The molecule has 0 saturated carbocycles. The van der Waals surface area contributed by atoms with Crippen molar-refractivity contribution < 1.29 is 14.1 Å². The largest absolute Gasteiger partial charge is 0.497 e. The average molecular weight is 413 g/mol. The number of urea groups is 1. The lowest BCUT2D eigenvalue weighted by Gasteiger charge is -2.31. The molecule has 1 aliphatic heterocycles. The first-order valence-electron chi connectivity index (χ1n) is 9.42. The number of nitrogens with one attached hydrogen (secondary N) is 1. The van der Waals surface area contributed by atoms with E-state index in [9.17, 15) is 4.79 Å². The van der Waals surface area contributed by atoms with Crippen LogP contribution in [0.3, 0.4) is 0 Å². The standard InChI is InChI=1S/C21H21ClN4O3/c1-28-16-8-4-6-14(12-16)19-24-20(29-25-19)15-7-5-11-26(13-15)21(27)23-18-10-3-2-9-17(18)22/h2-4,6,8-10,12,15H,5,7,11,13H2,1H3,(H,23,27)/t15-/m0/s1. The molecule has 0 aliphatic carbocycles. The van der Waals surface area contributed by atoms with Crippen LogP contribution in [0.15, 0.2) is 53.1 Å². The number of ether oxygens (including phenoxy) is 1. The van der Waals surface area contributed by atoms with Crippen molar-refractivity contribution in [1.82, 2.24) is 15.0 Å². The molecule has 2 heterocycles. The van der Waals surface area contributed by atoms with Gasteiger partial charge in [0.05, 0.1) is 23.7 Å². The molecule has 0 unspecified atom stereocenters. The highest BCUT2D eigenvalue weighted by Gasteiger charge is 2.29. The summed E-state index contributed by atoms with van der Waals surface area (Å²) in [5, 5.41) is 7.49. The second kappa shape index (κ2) is 8.53.